The summed E-state index contributed by atoms with van der Waals surface area (Å²) >= 11 is 0. The van der Waals surface area contributed by atoms with Crippen LogP contribution in [0.15, 0.2) is 48.1 Å². The summed E-state index contributed by atoms with van der Waals surface area (Å²) in [5.41, 5.74) is 4.96. The Morgan fingerprint density at radius 3 is 2.00 bits per heavy atom. The van der Waals surface area contributed by atoms with Gasteiger partial charge in [0.05, 0.1) is 6.61 Å². The minimum Gasteiger partial charge on any atom is -0.493 e. The van der Waals surface area contributed by atoms with Gasteiger partial charge in [-0.3, -0.25) is 0 Å². The zero-order chi connectivity index (χ0) is 22.2. The van der Waals surface area contributed by atoms with Crippen LogP contribution in [0.5, 0.6) is 5.75 Å². The molecule has 0 fully saturated rings. The number of rotatable bonds is 8. The summed E-state index contributed by atoms with van der Waals surface area (Å²) < 4.78 is 6.26. The minimum absolute atomic E-state index is 0.0156. The molecule has 0 radical (unpaired) electrons. The lowest BCUT2D eigenvalue weighted by Gasteiger charge is -2.30. The van der Waals surface area contributed by atoms with Gasteiger partial charge in [-0.2, -0.15) is 0 Å². The maximum absolute atomic E-state index is 10.5. The third-order valence-corrected chi connectivity index (χ3v) is 4.54. The van der Waals surface area contributed by atoms with Crippen LogP contribution in [0.1, 0.15) is 78.5 Å². The number of carbonyl (C=O) groups is 1. The smallest absolute Gasteiger partial charge is 0.328 e. The van der Waals surface area contributed by atoms with Gasteiger partial charge in [-0.1, -0.05) is 90.5 Å². The SMILES string of the molecule is CCCOc1c(C(C)(C)C)cc(C/C(C)=C/C=C/C=C/C(=O)O)cc1C(C)(C)C. The summed E-state index contributed by atoms with van der Waals surface area (Å²) in [5.74, 6) is 0.0982. The van der Waals surface area contributed by atoms with Crippen molar-refractivity contribution in [2.45, 2.75) is 79.1 Å². The molecule has 0 spiro atoms. The highest BCUT2D eigenvalue weighted by Crippen LogP contribution is 2.41. The molecular weight excluding hydrogens is 360 g/mol. The van der Waals surface area contributed by atoms with Gasteiger partial charge < -0.3 is 9.84 Å². The number of benzene rings is 1. The van der Waals surface area contributed by atoms with Gasteiger partial charge in [0.25, 0.3) is 0 Å². The van der Waals surface area contributed by atoms with Crippen molar-refractivity contribution in [2.75, 3.05) is 6.61 Å². The first-order valence-corrected chi connectivity index (χ1v) is 10.4. The molecule has 0 aromatic heterocycles. The quantitative estimate of drug-likeness (QED) is 0.389. The van der Waals surface area contributed by atoms with E-state index < -0.39 is 5.97 Å². The number of hydrogen-bond acceptors (Lipinski definition) is 2. The van der Waals surface area contributed by atoms with E-state index in [9.17, 15) is 4.79 Å². The zero-order valence-electron chi connectivity index (χ0n) is 19.4. The predicted molar refractivity (Wildman–Crippen MR) is 123 cm³/mol. The van der Waals surface area contributed by atoms with Crippen LogP contribution in [0.2, 0.25) is 0 Å². The molecule has 29 heavy (non-hydrogen) atoms. The molecule has 160 valence electrons. The van der Waals surface area contributed by atoms with Crippen LogP contribution in [-0.4, -0.2) is 17.7 Å². The van der Waals surface area contributed by atoms with Crippen molar-refractivity contribution in [3.05, 3.63) is 64.8 Å². The molecule has 3 nitrogen and oxygen atoms in total. The molecule has 3 heteroatoms. The van der Waals surface area contributed by atoms with Crippen LogP contribution in [0.3, 0.4) is 0 Å². The summed E-state index contributed by atoms with van der Waals surface area (Å²) in [6, 6.07) is 4.57. The monoisotopic (exact) mass is 398 g/mol. The third kappa shape index (κ3) is 8.31. The third-order valence-electron chi connectivity index (χ3n) is 4.54. The highest BCUT2D eigenvalue weighted by atomic mass is 16.5. The Morgan fingerprint density at radius 1 is 1.00 bits per heavy atom. The summed E-state index contributed by atoms with van der Waals surface area (Å²) in [5, 5.41) is 8.63. The molecule has 0 saturated carbocycles. The van der Waals surface area contributed by atoms with Gasteiger partial charge in [0.2, 0.25) is 0 Å². The Bertz CT molecular complexity index is 746. The van der Waals surface area contributed by atoms with E-state index >= 15 is 0 Å². The van der Waals surface area contributed by atoms with E-state index in [1.807, 2.05) is 12.2 Å². The molecule has 1 N–H and O–H groups in total. The number of carboxylic acids is 1. The average molecular weight is 399 g/mol. The van der Waals surface area contributed by atoms with Gasteiger partial charge in [0.15, 0.2) is 0 Å². The fraction of sp³-hybridized carbons (Fsp3) is 0.500. The second kappa shape index (κ2) is 10.5. The molecule has 0 bridgehead atoms. The lowest BCUT2D eigenvalue weighted by atomic mass is 9.78. The van der Waals surface area contributed by atoms with Gasteiger partial charge in [-0.15, -0.1) is 0 Å². The lowest BCUT2D eigenvalue weighted by Crippen LogP contribution is -2.20. The number of allylic oxidation sites excluding steroid dienone is 5. The molecule has 1 aromatic rings. The van der Waals surface area contributed by atoms with Crippen molar-refractivity contribution in [1.29, 1.82) is 0 Å². The molecule has 0 aliphatic rings. The van der Waals surface area contributed by atoms with Gasteiger partial charge in [0, 0.05) is 17.2 Å². The van der Waals surface area contributed by atoms with Crippen LogP contribution >= 0.6 is 0 Å². The molecule has 0 amide bonds. The van der Waals surface area contributed by atoms with E-state index in [0.29, 0.717) is 0 Å². The van der Waals surface area contributed by atoms with Crippen molar-refractivity contribution in [1.82, 2.24) is 0 Å². The van der Waals surface area contributed by atoms with Gasteiger partial charge in [-0.25, -0.2) is 4.79 Å². The summed E-state index contributed by atoms with van der Waals surface area (Å²) in [6.45, 7) is 18.4. The Balaban J connectivity index is 3.33. The van der Waals surface area contributed by atoms with E-state index in [-0.39, 0.29) is 10.8 Å². The molecule has 0 heterocycles. The molecule has 0 aliphatic carbocycles. The predicted octanol–water partition coefficient (Wildman–Crippen LogP) is 6.76. The molecule has 0 atom stereocenters. The number of ether oxygens (including phenoxy) is 1. The molecule has 0 unspecified atom stereocenters. The number of aliphatic carboxylic acids is 1. The Hall–Kier alpha value is -2.29. The van der Waals surface area contributed by atoms with E-state index in [2.05, 4.69) is 67.5 Å². The van der Waals surface area contributed by atoms with Crippen molar-refractivity contribution in [3.8, 4) is 5.75 Å². The van der Waals surface area contributed by atoms with Crippen molar-refractivity contribution < 1.29 is 14.6 Å². The first kappa shape index (κ1) is 24.7. The molecule has 1 rings (SSSR count). The van der Waals surface area contributed by atoms with Crippen LogP contribution in [-0.2, 0) is 22.0 Å². The minimum atomic E-state index is -0.940. The summed E-state index contributed by atoms with van der Waals surface area (Å²) in [6.07, 6.45) is 10.1. The second-order valence-electron chi connectivity index (χ2n) is 9.64. The molecule has 1 aromatic carbocycles. The summed E-state index contributed by atoms with van der Waals surface area (Å²) in [4.78, 5) is 10.5. The van der Waals surface area contributed by atoms with Crippen molar-refractivity contribution >= 4 is 5.97 Å². The van der Waals surface area contributed by atoms with Crippen molar-refractivity contribution in [3.63, 3.8) is 0 Å². The van der Waals surface area contributed by atoms with Crippen LogP contribution in [0.25, 0.3) is 0 Å². The maximum Gasteiger partial charge on any atom is 0.328 e. The van der Waals surface area contributed by atoms with E-state index in [0.717, 1.165) is 31.3 Å². The fourth-order valence-corrected chi connectivity index (χ4v) is 3.07. The molecule has 0 aliphatic heterocycles. The Morgan fingerprint density at radius 2 is 1.55 bits per heavy atom. The lowest BCUT2D eigenvalue weighted by molar-refractivity contribution is -0.131. The standard InChI is InChI=1S/C26H38O3/c1-9-15-29-24-21(25(3,4)5)17-20(18-22(24)26(6,7)8)16-19(2)13-11-10-12-14-23(27)28/h10-14,17-18H,9,15-16H2,1-8H3,(H,27,28)/b11-10+,14-12+,19-13+. The largest absolute Gasteiger partial charge is 0.493 e. The maximum atomic E-state index is 10.5. The first-order valence-electron chi connectivity index (χ1n) is 10.4. The van der Waals surface area contributed by atoms with Gasteiger partial charge in [0.1, 0.15) is 5.75 Å². The number of hydrogen-bond donors (Lipinski definition) is 1. The summed E-state index contributed by atoms with van der Waals surface area (Å²) in [7, 11) is 0. The second-order valence-corrected chi connectivity index (χ2v) is 9.64. The van der Waals surface area contributed by atoms with Crippen LogP contribution < -0.4 is 4.74 Å². The van der Waals surface area contributed by atoms with E-state index in [1.54, 1.807) is 6.08 Å². The van der Waals surface area contributed by atoms with Crippen molar-refractivity contribution in [2.24, 2.45) is 0 Å². The number of carboxylic acid groups (broad SMARTS) is 1. The van der Waals surface area contributed by atoms with E-state index in [1.165, 1.54) is 28.3 Å². The highest BCUT2D eigenvalue weighted by Gasteiger charge is 2.27. The van der Waals surface area contributed by atoms with Gasteiger partial charge in [-0.05, 0) is 36.2 Å². The zero-order valence-corrected chi connectivity index (χ0v) is 19.4. The molecule has 0 saturated heterocycles. The molecular formula is C26H38O3. The van der Waals surface area contributed by atoms with Crippen LogP contribution in [0, 0.1) is 0 Å². The topological polar surface area (TPSA) is 46.5 Å². The first-order chi connectivity index (χ1) is 13.4. The Kier molecular flexibility index (Phi) is 8.94. The van der Waals surface area contributed by atoms with Crippen LogP contribution in [0.4, 0.5) is 0 Å². The van der Waals surface area contributed by atoms with Gasteiger partial charge >= 0.3 is 5.97 Å². The fourth-order valence-electron chi connectivity index (χ4n) is 3.07. The highest BCUT2D eigenvalue weighted by molar-refractivity contribution is 5.80. The Labute approximate surface area is 177 Å². The average Bonchev–Trinajstić information content (AvgIpc) is 2.57. The van der Waals surface area contributed by atoms with E-state index in [4.69, 9.17) is 9.84 Å². The normalized spacial score (nSPS) is 13.4.